The summed E-state index contributed by atoms with van der Waals surface area (Å²) in [6.45, 7) is 0. The lowest BCUT2D eigenvalue weighted by molar-refractivity contribution is 0.509. The SMILES string of the molecule is c1ccc(CC[C@@H]2CC[C@@H](Cc3ccccc3)N2)cc1. The Morgan fingerprint density at radius 2 is 1.35 bits per heavy atom. The van der Waals surface area contributed by atoms with Crippen LogP contribution in [0, 0.1) is 0 Å². The molecule has 0 aromatic heterocycles. The summed E-state index contributed by atoms with van der Waals surface area (Å²) in [5.41, 5.74) is 2.91. The molecule has 0 saturated carbocycles. The molecule has 1 saturated heterocycles. The van der Waals surface area contributed by atoms with Crippen molar-refractivity contribution in [2.24, 2.45) is 0 Å². The molecule has 1 nitrogen and oxygen atoms in total. The standard InChI is InChI=1S/C19H23N/c1-3-7-16(8-4-1)11-12-18-13-14-19(20-18)15-17-9-5-2-6-10-17/h1-10,18-20H,11-15H2/t18-,19+/m1/s1. The molecule has 3 rings (SSSR count). The van der Waals surface area contributed by atoms with Gasteiger partial charge in [-0.1, -0.05) is 60.7 Å². The molecule has 0 aliphatic carbocycles. The maximum absolute atomic E-state index is 3.81. The second-order valence-corrected chi connectivity index (χ2v) is 5.85. The van der Waals surface area contributed by atoms with Crippen molar-refractivity contribution < 1.29 is 0 Å². The van der Waals surface area contributed by atoms with Crippen LogP contribution in [0.25, 0.3) is 0 Å². The van der Waals surface area contributed by atoms with E-state index in [0.29, 0.717) is 12.1 Å². The molecule has 1 aliphatic heterocycles. The average Bonchev–Trinajstić information content (AvgIpc) is 2.95. The lowest BCUT2D eigenvalue weighted by Crippen LogP contribution is -2.31. The highest BCUT2D eigenvalue weighted by molar-refractivity contribution is 5.17. The van der Waals surface area contributed by atoms with Crippen LogP contribution in [0.4, 0.5) is 0 Å². The monoisotopic (exact) mass is 265 g/mol. The second-order valence-electron chi connectivity index (χ2n) is 5.85. The lowest BCUT2D eigenvalue weighted by Gasteiger charge is -2.14. The molecule has 0 unspecified atom stereocenters. The Bertz CT molecular complexity index is 506. The second kappa shape index (κ2) is 6.71. The van der Waals surface area contributed by atoms with Crippen LogP contribution in [-0.2, 0) is 12.8 Å². The molecule has 1 heteroatoms. The fraction of sp³-hybridized carbons (Fsp3) is 0.368. The Labute approximate surface area is 122 Å². The number of aryl methyl sites for hydroxylation is 1. The fourth-order valence-corrected chi connectivity index (χ4v) is 3.18. The van der Waals surface area contributed by atoms with Crippen LogP contribution in [0.3, 0.4) is 0 Å². The largest absolute Gasteiger partial charge is 0.311 e. The molecule has 20 heavy (non-hydrogen) atoms. The van der Waals surface area contributed by atoms with Crippen molar-refractivity contribution >= 4 is 0 Å². The topological polar surface area (TPSA) is 12.0 Å². The van der Waals surface area contributed by atoms with Gasteiger partial charge in [-0.2, -0.15) is 0 Å². The summed E-state index contributed by atoms with van der Waals surface area (Å²) >= 11 is 0. The highest BCUT2D eigenvalue weighted by atomic mass is 15.0. The summed E-state index contributed by atoms with van der Waals surface area (Å²) in [7, 11) is 0. The molecule has 0 spiro atoms. The first kappa shape index (κ1) is 13.4. The minimum absolute atomic E-state index is 0.665. The number of rotatable bonds is 5. The van der Waals surface area contributed by atoms with E-state index in [1.807, 2.05) is 0 Å². The summed E-state index contributed by atoms with van der Waals surface area (Å²) in [5, 5.41) is 3.81. The van der Waals surface area contributed by atoms with Crippen molar-refractivity contribution in [2.45, 2.75) is 44.2 Å². The molecule has 0 amide bonds. The van der Waals surface area contributed by atoms with Crippen LogP contribution in [0.5, 0.6) is 0 Å². The summed E-state index contributed by atoms with van der Waals surface area (Å²) in [5.74, 6) is 0. The molecule has 1 aliphatic rings. The average molecular weight is 265 g/mol. The van der Waals surface area contributed by atoms with E-state index in [-0.39, 0.29) is 0 Å². The summed E-state index contributed by atoms with van der Waals surface area (Å²) in [4.78, 5) is 0. The van der Waals surface area contributed by atoms with E-state index in [1.54, 1.807) is 0 Å². The van der Waals surface area contributed by atoms with Gasteiger partial charge < -0.3 is 5.32 Å². The van der Waals surface area contributed by atoms with Gasteiger partial charge in [0.1, 0.15) is 0 Å². The van der Waals surface area contributed by atoms with Crippen LogP contribution in [0.2, 0.25) is 0 Å². The third-order valence-corrected chi connectivity index (χ3v) is 4.28. The van der Waals surface area contributed by atoms with Gasteiger partial charge in [0.2, 0.25) is 0 Å². The molecule has 2 atom stereocenters. The van der Waals surface area contributed by atoms with E-state index >= 15 is 0 Å². The van der Waals surface area contributed by atoms with Gasteiger partial charge in [-0.15, -0.1) is 0 Å². The van der Waals surface area contributed by atoms with Crippen molar-refractivity contribution in [1.82, 2.24) is 5.32 Å². The molecule has 2 aromatic rings. The van der Waals surface area contributed by atoms with E-state index < -0.39 is 0 Å². The van der Waals surface area contributed by atoms with E-state index in [4.69, 9.17) is 0 Å². The van der Waals surface area contributed by atoms with Gasteiger partial charge in [0, 0.05) is 12.1 Å². The summed E-state index contributed by atoms with van der Waals surface area (Å²) in [6, 6.07) is 23.0. The Morgan fingerprint density at radius 3 is 2.05 bits per heavy atom. The molecule has 0 radical (unpaired) electrons. The number of benzene rings is 2. The molecule has 1 heterocycles. The maximum Gasteiger partial charge on any atom is 0.0111 e. The summed E-state index contributed by atoms with van der Waals surface area (Å²) in [6.07, 6.45) is 6.26. The minimum Gasteiger partial charge on any atom is -0.311 e. The Kier molecular flexibility index (Phi) is 4.49. The zero-order valence-electron chi connectivity index (χ0n) is 12.0. The highest BCUT2D eigenvalue weighted by Crippen LogP contribution is 2.20. The molecular weight excluding hydrogens is 242 g/mol. The first-order valence-electron chi connectivity index (χ1n) is 7.74. The van der Waals surface area contributed by atoms with E-state index in [0.717, 1.165) is 0 Å². The van der Waals surface area contributed by atoms with Gasteiger partial charge in [-0.25, -0.2) is 0 Å². The Hall–Kier alpha value is -1.60. The van der Waals surface area contributed by atoms with E-state index in [1.165, 1.54) is 43.2 Å². The van der Waals surface area contributed by atoms with Gasteiger partial charge >= 0.3 is 0 Å². The first-order chi connectivity index (χ1) is 9.90. The fourth-order valence-electron chi connectivity index (χ4n) is 3.18. The van der Waals surface area contributed by atoms with Gasteiger partial charge in [0.05, 0.1) is 0 Å². The van der Waals surface area contributed by atoms with Crippen LogP contribution in [0.1, 0.15) is 30.4 Å². The van der Waals surface area contributed by atoms with Gasteiger partial charge in [0.25, 0.3) is 0 Å². The Balaban J connectivity index is 1.45. The van der Waals surface area contributed by atoms with Crippen molar-refractivity contribution in [3.8, 4) is 0 Å². The first-order valence-corrected chi connectivity index (χ1v) is 7.74. The Morgan fingerprint density at radius 1 is 0.750 bits per heavy atom. The van der Waals surface area contributed by atoms with Crippen molar-refractivity contribution in [3.05, 3.63) is 71.8 Å². The third-order valence-electron chi connectivity index (χ3n) is 4.28. The maximum atomic E-state index is 3.81. The van der Waals surface area contributed by atoms with Crippen molar-refractivity contribution in [1.29, 1.82) is 0 Å². The zero-order valence-corrected chi connectivity index (χ0v) is 12.0. The quantitative estimate of drug-likeness (QED) is 0.862. The molecule has 1 N–H and O–H groups in total. The normalized spacial score (nSPS) is 22.0. The highest BCUT2D eigenvalue weighted by Gasteiger charge is 2.23. The van der Waals surface area contributed by atoms with Crippen molar-refractivity contribution in [3.63, 3.8) is 0 Å². The van der Waals surface area contributed by atoms with Crippen LogP contribution >= 0.6 is 0 Å². The smallest absolute Gasteiger partial charge is 0.0111 e. The molecule has 0 bridgehead atoms. The predicted octanol–water partition coefficient (Wildman–Crippen LogP) is 3.98. The number of hydrogen-bond acceptors (Lipinski definition) is 1. The van der Waals surface area contributed by atoms with Gasteiger partial charge in [0.15, 0.2) is 0 Å². The van der Waals surface area contributed by atoms with Crippen molar-refractivity contribution in [2.75, 3.05) is 0 Å². The third kappa shape index (κ3) is 3.71. The zero-order chi connectivity index (χ0) is 13.6. The van der Waals surface area contributed by atoms with Crippen LogP contribution in [-0.4, -0.2) is 12.1 Å². The van der Waals surface area contributed by atoms with Crippen LogP contribution < -0.4 is 5.32 Å². The molecule has 104 valence electrons. The van der Waals surface area contributed by atoms with Gasteiger partial charge in [-0.3, -0.25) is 0 Å². The molecular formula is C19H23N. The number of nitrogens with one attached hydrogen (secondary N) is 1. The van der Waals surface area contributed by atoms with E-state index in [9.17, 15) is 0 Å². The molecule has 2 aromatic carbocycles. The predicted molar refractivity (Wildman–Crippen MR) is 84.9 cm³/mol. The minimum atomic E-state index is 0.665. The number of hydrogen-bond donors (Lipinski definition) is 1. The lowest BCUT2D eigenvalue weighted by atomic mass is 10.0. The van der Waals surface area contributed by atoms with Gasteiger partial charge in [-0.05, 0) is 43.2 Å². The van der Waals surface area contributed by atoms with E-state index in [2.05, 4.69) is 66.0 Å². The molecule has 1 fully saturated rings. The van der Waals surface area contributed by atoms with Crippen LogP contribution in [0.15, 0.2) is 60.7 Å². The summed E-state index contributed by atoms with van der Waals surface area (Å²) < 4.78 is 0.